The van der Waals surface area contributed by atoms with Gasteiger partial charge in [-0.15, -0.1) is 0 Å². The molecule has 2 bridgehead atoms. The molecule has 6 nitrogen and oxygen atoms in total. The molecule has 33 heavy (non-hydrogen) atoms. The summed E-state index contributed by atoms with van der Waals surface area (Å²) in [5.41, 5.74) is 1.43. The molecule has 2 aromatic rings. The van der Waals surface area contributed by atoms with Crippen molar-refractivity contribution in [2.24, 2.45) is 5.92 Å². The molecule has 1 N–H and O–H groups in total. The fraction of sp³-hybridized carbons (Fsp3) is 0.577. The number of anilines is 1. The molecule has 3 heterocycles. The second-order valence-corrected chi connectivity index (χ2v) is 11.8. The Hall–Kier alpha value is -1.96. The SMILES string of the molecule is CS(=O)(=O)NC1CC2CC[C@H](C1COC1CCC(c3ccccc3)CC1)N2c1ccccn1. The Morgan fingerprint density at radius 2 is 1.76 bits per heavy atom. The summed E-state index contributed by atoms with van der Waals surface area (Å²) in [5.74, 6) is 1.74. The number of ether oxygens (including phenoxy) is 1. The molecule has 178 valence electrons. The van der Waals surface area contributed by atoms with Gasteiger partial charge in [0, 0.05) is 30.2 Å². The van der Waals surface area contributed by atoms with Crippen molar-refractivity contribution in [2.75, 3.05) is 17.8 Å². The van der Waals surface area contributed by atoms with Crippen molar-refractivity contribution in [3.8, 4) is 0 Å². The summed E-state index contributed by atoms with van der Waals surface area (Å²) >= 11 is 0. The van der Waals surface area contributed by atoms with Gasteiger partial charge in [0.05, 0.1) is 19.0 Å². The minimum atomic E-state index is -3.28. The topological polar surface area (TPSA) is 71.5 Å². The van der Waals surface area contributed by atoms with Gasteiger partial charge in [0.25, 0.3) is 0 Å². The van der Waals surface area contributed by atoms with Gasteiger partial charge in [-0.1, -0.05) is 36.4 Å². The molecule has 1 saturated carbocycles. The number of nitrogens with one attached hydrogen (secondary N) is 1. The third-order valence-electron chi connectivity index (χ3n) is 7.83. The van der Waals surface area contributed by atoms with Gasteiger partial charge in [-0.2, -0.15) is 0 Å². The molecule has 1 aromatic carbocycles. The van der Waals surface area contributed by atoms with E-state index in [-0.39, 0.29) is 24.1 Å². The van der Waals surface area contributed by atoms with Crippen LogP contribution in [0.1, 0.15) is 56.4 Å². The van der Waals surface area contributed by atoms with Crippen LogP contribution in [0.2, 0.25) is 0 Å². The predicted molar refractivity (Wildman–Crippen MR) is 131 cm³/mol. The fourth-order valence-electron chi connectivity index (χ4n) is 6.34. The van der Waals surface area contributed by atoms with Crippen molar-refractivity contribution in [3.05, 3.63) is 60.3 Å². The maximum absolute atomic E-state index is 12.1. The van der Waals surface area contributed by atoms with Gasteiger partial charge in [0.15, 0.2) is 0 Å². The van der Waals surface area contributed by atoms with Gasteiger partial charge in [-0.05, 0) is 68.6 Å². The maximum atomic E-state index is 12.1. The average Bonchev–Trinajstić information content (AvgIpc) is 3.15. The van der Waals surface area contributed by atoms with Gasteiger partial charge >= 0.3 is 0 Å². The van der Waals surface area contributed by atoms with Crippen LogP contribution in [0.3, 0.4) is 0 Å². The van der Waals surface area contributed by atoms with E-state index in [1.54, 1.807) is 0 Å². The first-order valence-corrected chi connectivity index (χ1v) is 14.2. The van der Waals surface area contributed by atoms with Crippen LogP contribution in [0.5, 0.6) is 0 Å². The number of pyridine rings is 1. The second kappa shape index (κ2) is 9.72. The number of fused-ring (bicyclic) bond motifs is 2. The molecule has 0 spiro atoms. The Balaban J connectivity index is 1.26. The predicted octanol–water partition coefficient (Wildman–Crippen LogP) is 4.10. The highest BCUT2D eigenvalue weighted by molar-refractivity contribution is 7.88. The molecule has 3 aliphatic rings. The Morgan fingerprint density at radius 3 is 2.45 bits per heavy atom. The van der Waals surface area contributed by atoms with Gasteiger partial charge < -0.3 is 9.64 Å². The Bertz CT molecular complexity index is 1010. The standard InChI is InChI=1S/C26H35N3O3S/c1-33(30,31)28-24-17-21-12-15-25(29(21)26-9-5-6-16-27-26)23(24)18-32-22-13-10-20(11-14-22)19-7-3-2-4-8-19/h2-9,16,20-25,28H,10-15,17-18H2,1H3/t20?,21?,22?,23?,24?,25-/m1/s1. The zero-order valence-electron chi connectivity index (χ0n) is 19.3. The van der Waals surface area contributed by atoms with E-state index < -0.39 is 10.0 Å². The minimum absolute atomic E-state index is 0.0851. The highest BCUT2D eigenvalue weighted by Gasteiger charge is 2.48. The van der Waals surface area contributed by atoms with Crippen molar-refractivity contribution in [2.45, 2.75) is 75.1 Å². The number of aromatic nitrogens is 1. The normalized spacial score (nSPS) is 32.1. The van der Waals surface area contributed by atoms with Crippen LogP contribution in [0.4, 0.5) is 5.82 Å². The van der Waals surface area contributed by atoms with Crippen LogP contribution in [-0.2, 0) is 14.8 Å². The van der Waals surface area contributed by atoms with Crippen LogP contribution in [0.25, 0.3) is 0 Å². The Labute approximate surface area is 197 Å². The van der Waals surface area contributed by atoms with E-state index in [9.17, 15) is 8.42 Å². The molecule has 7 heteroatoms. The van der Waals surface area contributed by atoms with Crippen LogP contribution in [0, 0.1) is 5.92 Å². The second-order valence-electron chi connectivity index (χ2n) is 10.0. The van der Waals surface area contributed by atoms with Gasteiger partial charge in [-0.3, -0.25) is 0 Å². The van der Waals surface area contributed by atoms with E-state index in [1.165, 1.54) is 11.8 Å². The highest BCUT2D eigenvalue weighted by atomic mass is 32.2. The number of rotatable bonds is 7. The van der Waals surface area contributed by atoms with E-state index >= 15 is 0 Å². The largest absolute Gasteiger partial charge is 0.378 e. The zero-order chi connectivity index (χ0) is 22.8. The third kappa shape index (κ3) is 5.26. The van der Waals surface area contributed by atoms with E-state index in [0.717, 1.165) is 50.8 Å². The zero-order valence-corrected chi connectivity index (χ0v) is 20.2. The summed E-state index contributed by atoms with van der Waals surface area (Å²) < 4.78 is 33.7. The van der Waals surface area contributed by atoms with Crippen LogP contribution < -0.4 is 9.62 Å². The first kappa shape index (κ1) is 22.8. The average molecular weight is 470 g/mol. The van der Waals surface area contributed by atoms with Crippen molar-refractivity contribution >= 4 is 15.8 Å². The van der Waals surface area contributed by atoms with Crippen molar-refractivity contribution in [1.29, 1.82) is 0 Å². The van der Waals surface area contributed by atoms with Crippen LogP contribution in [-0.4, -0.2) is 50.5 Å². The lowest BCUT2D eigenvalue weighted by Crippen LogP contribution is -2.58. The summed E-state index contributed by atoms with van der Waals surface area (Å²) in [4.78, 5) is 7.04. The van der Waals surface area contributed by atoms with E-state index in [1.807, 2.05) is 18.3 Å². The lowest BCUT2D eigenvalue weighted by molar-refractivity contribution is -0.00899. The summed E-state index contributed by atoms with van der Waals surface area (Å²) in [6, 6.07) is 17.3. The minimum Gasteiger partial charge on any atom is -0.378 e. The Morgan fingerprint density at radius 1 is 1.00 bits per heavy atom. The number of piperidine rings is 1. The third-order valence-corrected chi connectivity index (χ3v) is 8.56. The summed E-state index contributed by atoms with van der Waals surface area (Å²) in [6.07, 6.45) is 10.7. The van der Waals surface area contributed by atoms with E-state index in [0.29, 0.717) is 18.6 Å². The van der Waals surface area contributed by atoms with Crippen LogP contribution in [0.15, 0.2) is 54.7 Å². The molecular weight excluding hydrogens is 434 g/mol. The molecule has 1 aromatic heterocycles. The first-order chi connectivity index (χ1) is 16.0. The monoisotopic (exact) mass is 469 g/mol. The lowest BCUT2D eigenvalue weighted by atomic mass is 9.82. The number of sulfonamides is 1. The van der Waals surface area contributed by atoms with Crippen molar-refractivity contribution in [1.82, 2.24) is 9.71 Å². The molecular formula is C26H35N3O3S. The van der Waals surface area contributed by atoms with Gasteiger partial charge in [0.2, 0.25) is 10.0 Å². The molecule has 2 saturated heterocycles. The smallest absolute Gasteiger partial charge is 0.208 e. The maximum Gasteiger partial charge on any atom is 0.208 e. The van der Waals surface area contributed by atoms with E-state index in [4.69, 9.17) is 4.74 Å². The highest BCUT2D eigenvalue weighted by Crippen LogP contribution is 2.42. The van der Waals surface area contributed by atoms with Gasteiger partial charge in [-0.25, -0.2) is 18.1 Å². The fourth-order valence-corrected chi connectivity index (χ4v) is 7.16. The van der Waals surface area contributed by atoms with Crippen molar-refractivity contribution < 1.29 is 13.2 Å². The van der Waals surface area contributed by atoms with Crippen LogP contribution >= 0.6 is 0 Å². The first-order valence-electron chi connectivity index (χ1n) is 12.3. The van der Waals surface area contributed by atoms with Crippen molar-refractivity contribution in [3.63, 3.8) is 0 Å². The quantitative estimate of drug-likeness (QED) is 0.661. The molecule has 0 amide bonds. The molecule has 4 atom stereocenters. The number of nitrogens with zero attached hydrogens (tertiary/aromatic N) is 2. The molecule has 1 aliphatic carbocycles. The molecule has 5 rings (SSSR count). The summed E-state index contributed by atoms with van der Waals surface area (Å²) in [5, 5.41) is 0. The number of hydrogen-bond acceptors (Lipinski definition) is 5. The molecule has 3 unspecified atom stereocenters. The molecule has 3 fully saturated rings. The lowest BCUT2D eigenvalue weighted by Gasteiger charge is -2.45. The Kier molecular flexibility index (Phi) is 6.72. The summed E-state index contributed by atoms with van der Waals surface area (Å²) in [6.45, 7) is 0.592. The molecule has 0 radical (unpaired) electrons. The van der Waals surface area contributed by atoms with E-state index in [2.05, 4.69) is 51.0 Å². The number of benzene rings is 1. The number of hydrogen-bond donors (Lipinski definition) is 1. The molecule has 2 aliphatic heterocycles. The van der Waals surface area contributed by atoms with Gasteiger partial charge in [0.1, 0.15) is 5.82 Å². The summed E-state index contributed by atoms with van der Waals surface area (Å²) in [7, 11) is -3.28.